The molecule has 1 amide bonds. The van der Waals surface area contributed by atoms with Crippen molar-refractivity contribution in [2.75, 3.05) is 45.2 Å². The summed E-state index contributed by atoms with van der Waals surface area (Å²) in [5.74, 6) is 1.38. The van der Waals surface area contributed by atoms with Gasteiger partial charge in [-0.1, -0.05) is 36.4 Å². The summed E-state index contributed by atoms with van der Waals surface area (Å²) in [5.41, 5.74) is 2.05. The van der Waals surface area contributed by atoms with Crippen molar-refractivity contribution in [2.24, 2.45) is 4.99 Å². The van der Waals surface area contributed by atoms with Gasteiger partial charge in [-0.2, -0.15) is 0 Å². The number of hydrogen-bond acceptors (Lipinski definition) is 4. The molecule has 31 heavy (non-hydrogen) atoms. The van der Waals surface area contributed by atoms with E-state index in [1.807, 2.05) is 24.3 Å². The first-order chi connectivity index (χ1) is 15.2. The third-order valence-corrected chi connectivity index (χ3v) is 5.27. The highest BCUT2D eigenvalue weighted by Crippen LogP contribution is 2.24. The molecule has 0 bridgehead atoms. The molecule has 0 saturated carbocycles. The molecule has 2 aromatic carbocycles. The lowest BCUT2D eigenvalue weighted by Crippen LogP contribution is -2.43. The molecule has 3 N–H and O–H groups in total. The first-order valence-corrected chi connectivity index (χ1v) is 10.9. The second-order valence-electron chi connectivity index (χ2n) is 7.61. The van der Waals surface area contributed by atoms with E-state index in [4.69, 9.17) is 4.74 Å². The van der Waals surface area contributed by atoms with Crippen molar-refractivity contribution in [1.82, 2.24) is 15.5 Å². The molecule has 1 atom stereocenters. The molecule has 166 valence electrons. The van der Waals surface area contributed by atoms with Crippen LogP contribution in [0.3, 0.4) is 0 Å². The van der Waals surface area contributed by atoms with Crippen molar-refractivity contribution >= 4 is 17.6 Å². The number of aliphatic imine (C=N–C) groups is 1. The molecular formula is C24H33N5O2. The Morgan fingerprint density at radius 3 is 2.58 bits per heavy atom. The van der Waals surface area contributed by atoms with E-state index in [2.05, 4.69) is 56.2 Å². The average molecular weight is 424 g/mol. The monoisotopic (exact) mass is 423 g/mol. The van der Waals surface area contributed by atoms with E-state index >= 15 is 0 Å². The van der Waals surface area contributed by atoms with Gasteiger partial charge >= 0.3 is 0 Å². The first kappa shape index (κ1) is 22.6. The minimum absolute atomic E-state index is 0.101. The maximum absolute atomic E-state index is 11.2. The number of guanidine groups is 1. The van der Waals surface area contributed by atoms with Gasteiger partial charge in [0.15, 0.2) is 5.96 Å². The zero-order valence-electron chi connectivity index (χ0n) is 18.4. The number of benzene rings is 2. The molecule has 1 heterocycles. The molecule has 7 heteroatoms. The molecule has 0 spiro atoms. The van der Waals surface area contributed by atoms with Gasteiger partial charge in [0.25, 0.3) is 0 Å². The van der Waals surface area contributed by atoms with E-state index in [0.717, 1.165) is 31.3 Å². The Bertz CT molecular complexity index is 850. The van der Waals surface area contributed by atoms with Crippen LogP contribution in [-0.2, 0) is 4.79 Å². The minimum atomic E-state index is -0.101. The molecular weight excluding hydrogens is 390 g/mol. The maximum Gasteiger partial charge on any atom is 0.221 e. The Morgan fingerprint density at radius 2 is 1.87 bits per heavy atom. The summed E-state index contributed by atoms with van der Waals surface area (Å²) in [5, 5.41) is 9.54. The fraction of sp³-hybridized carbons (Fsp3) is 0.417. The lowest BCUT2D eigenvalue weighted by atomic mass is 10.1. The topological polar surface area (TPSA) is 78.0 Å². The largest absolute Gasteiger partial charge is 0.492 e. The second-order valence-corrected chi connectivity index (χ2v) is 7.61. The van der Waals surface area contributed by atoms with Crippen LogP contribution in [0.25, 0.3) is 0 Å². The van der Waals surface area contributed by atoms with Gasteiger partial charge in [-0.3, -0.25) is 14.7 Å². The van der Waals surface area contributed by atoms with E-state index in [1.165, 1.54) is 25.3 Å². The Morgan fingerprint density at radius 1 is 1.10 bits per heavy atom. The van der Waals surface area contributed by atoms with Gasteiger partial charge in [0, 0.05) is 32.3 Å². The summed E-state index contributed by atoms with van der Waals surface area (Å²) in [6.07, 6.45) is 2.52. The summed E-state index contributed by atoms with van der Waals surface area (Å²) in [6.45, 7) is 5.66. The minimum Gasteiger partial charge on any atom is -0.492 e. The molecule has 0 aliphatic carbocycles. The number of amides is 1. The SMILES string of the molecule is CN=C(NCCOc1cccc(NC(C)=O)c1)NCC(c1ccccc1)N1CCCC1. The highest BCUT2D eigenvalue weighted by Gasteiger charge is 2.23. The number of hydrogen-bond donors (Lipinski definition) is 3. The van der Waals surface area contributed by atoms with Crippen molar-refractivity contribution in [2.45, 2.75) is 25.8 Å². The number of likely N-dealkylation sites (tertiary alicyclic amines) is 1. The predicted molar refractivity (Wildman–Crippen MR) is 126 cm³/mol. The number of nitrogens with zero attached hydrogens (tertiary/aromatic N) is 2. The van der Waals surface area contributed by atoms with Crippen molar-refractivity contribution in [1.29, 1.82) is 0 Å². The Kier molecular flexibility index (Phi) is 8.72. The van der Waals surface area contributed by atoms with Crippen LogP contribution in [0.4, 0.5) is 5.69 Å². The van der Waals surface area contributed by atoms with Crippen LogP contribution in [-0.4, -0.2) is 56.6 Å². The van der Waals surface area contributed by atoms with Crippen LogP contribution in [0, 0.1) is 0 Å². The van der Waals surface area contributed by atoms with Crippen LogP contribution in [0.1, 0.15) is 31.4 Å². The highest BCUT2D eigenvalue weighted by molar-refractivity contribution is 5.88. The van der Waals surface area contributed by atoms with Gasteiger partial charge in [-0.05, 0) is 43.6 Å². The Labute approximate surface area is 184 Å². The lowest BCUT2D eigenvalue weighted by molar-refractivity contribution is -0.114. The lowest BCUT2D eigenvalue weighted by Gasteiger charge is -2.29. The summed E-state index contributed by atoms with van der Waals surface area (Å²) in [7, 11) is 1.78. The third kappa shape index (κ3) is 7.29. The summed E-state index contributed by atoms with van der Waals surface area (Å²) < 4.78 is 5.79. The van der Waals surface area contributed by atoms with Crippen molar-refractivity contribution in [3.8, 4) is 5.75 Å². The highest BCUT2D eigenvalue weighted by atomic mass is 16.5. The van der Waals surface area contributed by atoms with Gasteiger partial charge in [0.2, 0.25) is 5.91 Å². The number of ether oxygens (including phenoxy) is 1. The number of anilines is 1. The molecule has 1 aliphatic rings. The molecule has 1 aliphatic heterocycles. The normalized spacial score (nSPS) is 15.4. The molecule has 0 radical (unpaired) electrons. The zero-order valence-corrected chi connectivity index (χ0v) is 18.4. The van der Waals surface area contributed by atoms with Crippen molar-refractivity contribution < 1.29 is 9.53 Å². The number of carbonyl (C=O) groups excluding carboxylic acids is 1. The fourth-order valence-electron chi connectivity index (χ4n) is 3.81. The zero-order chi connectivity index (χ0) is 21.9. The number of nitrogens with one attached hydrogen (secondary N) is 3. The van der Waals surface area contributed by atoms with E-state index in [9.17, 15) is 4.79 Å². The van der Waals surface area contributed by atoms with E-state index in [-0.39, 0.29) is 5.91 Å². The van der Waals surface area contributed by atoms with Crippen LogP contribution < -0.4 is 20.7 Å². The van der Waals surface area contributed by atoms with E-state index < -0.39 is 0 Å². The standard InChI is InChI=1S/C24H33N5O2/c1-19(30)28-21-11-8-12-22(17-21)31-16-13-26-24(25-2)27-18-23(29-14-6-7-15-29)20-9-4-3-5-10-20/h3-5,8-12,17,23H,6-7,13-16,18H2,1-2H3,(H,28,30)(H2,25,26,27). The predicted octanol–water partition coefficient (Wildman–Crippen LogP) is 3.03. The molecule has 2 aromatic rings. The van der Waals surface area contributed by atoms with Crippen LogP contribution in [0.5, 0.6) is 5.75 Å². The van der Waals surface area contributed by atoms with Gasteiger partial charge in [0.05, 0.1) is 12.6 Å². The van der Waals surface area contributed by atoms with Gasteiger partial charge in [-0.25, -0.2) is 0 Å². The molecule has 1 saturated heterocycles. The molecule has 3 rings (SSSR count). The first-order valence-electron chi connectivity index (χ1n) is 10.9. The van der Waals surface area contributed by atoms with Gasteiger partial charge in [0.1, 0.15) is 12.4 Å². The Balaban J connectivity index is 1.46. The quantitative estimate of drug-likeness (QED) is 0.328. The summed E-state index contributed by atoms with van der Waals surface area (Å²) >= 11 is 0. The maximum atomic E-state index is 11.2. The van der Waals surface area contributed by atoms with Crippen LogP contribution in [0.15, 0.2) is 59.6 Å². The van der Waals surface area contributed by atoms with Crippen LogP contribution >= 0.6 is 0 Å². The molecule has 7 nitrogen and oxygen atoms in total. The fourth-order valence-corrected chi connectivity index (χ4v) is 3.81. The number of carbonyl (C=O) groups is 1. The van der Waals surface area contributed by atoms with E-state index in [0.29, 0.717) is 24.9 Å². The summed E-state index contributed by atoms with van der Waals surface area (Å²) in [4.78, 5) is 18.1. The van der Waals surface area contributed by atoms with Gasteiger partial charge < -0.3 is 20.7 Å². The third-order valence-electron chi connectivity index (χ3n) is 5.27. The average Bonchev–Trinajstić information content (AvgIpc) is 3.30. The smallest absolute Gasteiger partial charge is 0.221 e. The molecule has 1 unspecified atom stereocenters. The Hall–Kier alpha value is -3.06. The molecule has 1 fully saturated rings. The van der Waals surface area contributed by atoms with Crippen molar-refractivity contribution in [3.63, 3.8) is 0 Å². The van der Waals surface area contributed by atoms with E-state index in [1.54, 1.807) is 7.05 Å². The number of rotatable bonds is 9. The molecule has 0 aromatic heterocycles. The van der Waals surface area contributed by atoms with Crippen LogP contribution in [0.2, 0.25) is 0 Å². The van der Waals surface area contributed by atoms with Gasteiger partial charge in [-0.15, -0.1) is 0 Å². The van der Waals surface area contributed by atoms with Crippen molar-refractivity contribution in [3.05, 3.63) is 60.2 Å². The summed E-state index contributed by atoms with van der Waals surface area (Å²) in [6, 6.07) is 18.4. The second kappa shape index (κ2) is 12.0.